The number of aromatic nitrogens is 2. The number of fused-ring (bicyclic) bond motifs is 9. The second-order valence-electron chi connectivity index (χ2n) is 17.5. The minimum Gasteiger partial charge on any atom is -0.333 e. The average molecular weight is 828 g/mol. The largest absolute Gasteiger partial charge is 0.333 e. The van der Waals surface area contributed by atoms with Gasteiger partial charge in [-0.15, -0.1) is 0 Å². The Morgan fingerprint density at radius 2 is 0.969 bits per heavy atom. The molecule has 0 fully saturated rings. The van der Waals surface area contributed by atoms with Gasteiger partial charge in [0.05, 0.1) is 28.6 Å². The van der Waals surface area contributed by atoms with Crippen molar-refractivity contribution < 1.29 is 0 Å². The lowest BCUT2D eigenvalue weighted by molar-refractivity contribution is 0.645. The summed E-state index contributed by atoms with van der Waals surface area (Å²) in [5, 5.41) is 14.6. The van der Waals surface area contributed by atoms with Crippen molar-refractivity contribution in [1.82, 2.24) is 9.13 Å². The van der Waals surface area contributed by atoms with Gasteiger partial charge in [0.25, 0.3) is 0 Å². The van der Waals surface area contributed by atoms with E-state index >= 15 is 0 Å². The van der Waals surface area contributed by atoms with Crippen LogP contribution in [0, 0.1) is 11.3 Å². The Labute approximate surface area is 377 Å². The van der Waals surface area contributed by atoms with E-state index in [1.165, 1.54) is 99.2 Å². The fraction of sp³-hybridized carbons (Fsp3) is 0.0484. The first-order valence-corrected chi connectivity index (χ1v) is 22.5. The molecule has 65 heavy (non-hydrogen) atoms. The Balaban J connectivity index is 0.890. The van der Waals surface area contributed by atoms with E-state index in [1.807, 2.05) is 6.08 Å². The Bertz CT molecular complexity index is 3760. The first kappa shape index (κ1) is 37.1. The Hall–Kier alpha value is -8.45. The van der Waals surface area contributed by atoms with E-state index in [1.54, 1.807) is 0 Å². The van der Waals surface area contributed by atoms with Crippen LogP contribution in [-0.4, -0.2) is 9.13 Å². The predicted octanol–water partition coefficient (Wildman–Crippen LogP) is 15.5. The Morgan fingerprint density at radius 3 is 1.69 bits per heavy atom. The quantitative estimate of drug-likeness (QED) is 0.164. The summed E-state index contributed by atoms with van der Waals surface area (Å²) in [6.45, 7) is 0. The molecule has 0 N–H and O–H groups in total. The molecular formula is C62H41N3. The molecule has 2 aliphatic carbocycles. The smallest absolute Gasteiger partial charge is 0.0988 e. The molecule has 0 radical (unpaired) electrons. The third-order valence-corrected chi connectivity index (χ3v) is 14.1. The highest BCUT2D eigenvalue weighted by Crippen LogP contribution is 2.56. The van der Waals surface area contributed by atoms with E-state index in [2.05, 4.69) is 240 Å². The maximum absolute atomic E-state index is 9.70. The summed E-state index contributed by atoms with van der Waals surface area (Å²) < 4.78 is 4.81. The molecule has 3 nitrogen and oxygen atoms in total. The number of rotatable bonds is 6. The molecule has 13 rings (SSSR count). The number of benzene rings is 9. The van der Waals surface area contributed by atoms with Crippen molar-refractivity contribution >= 4 is 43.6 Å². The van der Waals surface area contributed by atoms with Crippen molar-refractivity contribution in [2.24, 2.45) is 0 Å². The molecule has 304 valence electrons. The molecule has 1 atom stereocenters. The molecule has 2 aliphatic rings. The lowest BCUT2D eigenvalue weighted by Crippen LogP contribution is -2.28. The van der Waals surface area contributed by atoms with Crippen LogP contribution in [0.15, 0.2) is 236 Å². The lowest BCUT2D eigenvalue weighted by atomic mass is 9.67. The third-order valence-electron chi connectivity index (χ3n) is 14.1. The summed E-state index contributed by atoms with van der Waals surface area (Å²) in [6, 6.07) is 80.8. The van der Waals surface area contributed by atoms with Gasteiger partial charge in [0.1, 0.15) is 0 Å². The number of para-hydroxylation sites is 2. The van der Waals surface area contributed by atoms with Gasteiger partial charge in [-0.3, -0.25) is 0 Å². The number of nitriles is 1. The van der Waals surface area contributed by atoms with Crippen LogP contribution in [0.2, 0.25) is 0 Å². The maximum atomic E-state index is 9.70. The van der Waals surface area contributed by atoms with Crippen LogP contribution < -0.4 is 0 Å². The second-order valence-corrected chi connectivity index (χ2v) is 17.5. The van der Waals surface area contributed by atoms with Crippen molar-refractivity contribution in [3.8, 4) is 45.1 Å². The molecule has 0 aliphatic heterocycles. The van der Waals surface area contributed by atoms with Crippen molar-refractivity contribution in [3.05, 3.63) is 258 Å². The van der Waals surface area contributed by atoms with Gasteiger partial charge in [-0.2, -0.15) is 5.26 Å². The van der Waals surface area contributed by atoms with Crippen molar-refractivity contribution in [3.63, 3.8) is 0 Å². The summed E-state index contributed by atoms with van der Waals surface area (Å²) in [5.41, 5.74) is 18.7. The van der Waals surface area contributed by atoms with E-state index in [9.17, 15) is 5.26 Å². The standard InChI is InChI=1S/C62H41N3/c63-40-41-14-13-19-49(36-41)65-59-25-12-9-22-52(59)55-39-45(30-35-61(55)65)44-29-34-60-54(38-44)51-21-8-11-24-58(51)64(60)48-31-26-42(27-32-48)43-28-33-57-53(37-43)50-20-7-10-23-56(50)62(57,46-15-3-1-4-16-46)47-17-5-2-6-18-47/h1-18,20-39,49H,19H2. The van der Waals surface area contributed by atoms with Crippen molar-refractivity contribution in [2.45, 2.75) is 17.9 Å². The van der Waals surface area contributed by atoms with Gasteiger partial charge >= 0.3 is 0 Å². The molecule has 0 bridgehead atoms. The Morgan fingerprint density at radius 1 is 0.446 bits per heavy atom. The van der Waals surface area contributed by atoms with Crippen LogP contribution in [0.4, 0.5) is 0 Å². The van der Waals surface area contributed by atoms with Crippen LogP contribution in [0.1, 0.15) is 34.7 Å². The van der Waals surface area contributed by atoms with E-state index in [0.29, 0.717) is 5.57 Å². The fourth-order valence-electron chi connectivity index (χ4n) is 11.3. The summed E-state index contributed by atoms with van der Waals surface area (Å²) in [4.78, 5) is 0. The van der Waals surface area contributed by atoms with Gasteiger partial charge in [-0.05, 0) is 129 Å². The van der Waals surface area contributed by atoms with E-state index in [4.69, 9.17) is 0 Å². The highest BCUT2D eigenvalue weighted by molar-refractivity contribution is 6.12. The number of allylic oxidation sites excluding steroid dienone is 4. The van der Waals surface area contributed by atoms with Crippen LogP contribution in [0.3, 0.4) is 0 Å². The van der Waals surface area contributed by atoms with Gasteiger partial charge in [-0.1, -0.05) is 164 Å². The van der Waals surface area contributed by atoms with Gasteiger partial charge in [0.15, 0.2) is 0 Å². The van der Waals surface area contributed by atoms with Crippen molar-refractivity contribution in [2.75, 3.05) is 0 Å². The minimum atomic E-state index is -0.408. The zero-order valence-electron chi connectivity index (χ0n) is 35.6. The van der Waals surface area contributed by atoms with E-state index in [-0.39, 0.29) is 6.04 Å². The fourth-order valence-corrected chi connectivity index (χ4v) is 11.3. The van der Waals surface area contributed by atoms with Gasteiger partial charge < -0.3 is 9.13 Å². The maximum Gasteiger partial charge on any atom is 0.0988 e. The molecule has 2 heterocycles. The molecule has 3 heteroatoms. The highest BCUT2D eigenvalue weighted by Gasteiger charge is 2.46. The molecule has 0 saturated heterocycles. The van der Waals surface area contributed by atoms with Crippen molar-refractivity contribution in [1.29, 1.82) is 5.26 Å². The van der Waals surface area contributed by atoms with Crippen LogP contribution in [-0.2, 0) is 5.41 Å². The van der Waals surface area contributed by atoms with Gasteiger partial charge in [0, 0.05) is 43.8 Å². The van der Waals surface area contributed by atoms with E-state index in [0.717, 1.165) is 12.1 Å². The monoisotopic (exact) mass is 827 g/mol. The molecule has 0 spiro atoms. The first-order chi connectivity index (χ1) is 32.2. The molecule has 2 aromatic heterocycles. The average Bonchev–Trinajstić information content (AvgIpc) is 4.00. The third kappa shape index (κ3) is 5.54. The second kappa shape index (κ2) is 14.6. The summed E-state index contributed by atoms with van der Waals surface area (Å²) in [6.07, 6.45) is 7.01. The molecular weight excluding hydrogens is 787 g/mol. The van der Waals surface area contributed by atoms with E-state index < -0.39 is 5.41 Å². The molecule has 1 unspecified atom stereocenters. The van der Waals surface area contributed by atoms with Gasteiger partial charge in [0.2, 0.25) is 0 Å². The Kier molecular flexibility index (Phi) is 8.32. The van der Waals surface area contributed by atoms with Crippen LogP contribution >= 0.6 is 0 Å². The zero-order valence-corrected chi connectivity index (χ0v) is 35.6. The normalized spacial score (nSPS) is 15.0. The number of hydrogen-bond acceptors (Lipinski definition) is 1. The van der Waals surface area contributed by atoms with Crippen LogP contribution in [0.25, 0.3) is 82.7 Å². The SMILES string of the molecule is N#CC1=CC(n2c3ccccc3c3cc(-c4ccc5c(c4)c4ccccc4n5-c4ccc(-c5ccc6c(c5)-c5ccccc5C6(c5ccccc5)c5ccccc5)cc4)ccc32)CC=C1. The summed E-state index contributed by atoms with van der Waals surface area (Å²) in [5.74, 6) is 0. The summed E-state index contributed by atoms with van der Waals surface area (Å²) in [7, 11) is 0. The number of hydrogen-bond donors (Lipinski definition) is 0. The predicted molar refractivity (Wildman–Crippen MR) is 268 cm³/mol. The zero-order chi connectivity index (χ0) is 43.1. The first-order valence-electron chi connectivity index (χ1n) is 22.5. The highest BCUT2D eigenvalue weighted by atomic mass is 15.0. The minimum absolute atomic E-state index is 0.0884. The lowest BCUT2D eigenvalue weighted by Gasteiger charge is -2.33. The summed E-state index contributed by atoms with van der Waals surface area (Å²) >= 11 is 0. The number of nitrogens with zero attached hydrogens (tertiary/aromatic N) is 3. The molecule has 0 amide bonds. The molecule has 11 aromatic rings. The topological polar surface area (TPSA) is 33.6 Å². The molecule has 9 aromatic carbocycles. The molecule has 0 saturated carbocycles. The van der Waals surface area contributed by atoms with Gasteiger partial charge in [-0.25, -0.2) is 0 Å². The van der Waals surface area contributed by atoms with Crippen LogP contribution in [0.5, 0.6) is 0 Å².